The van der Waals surface area contributed by atoms with Gasteiger partial charge in [0.15, 0.2) is 0 Å². The van der Waals surface area contributed by atoms with Crippen LogP contribution in [0.1, 0.15) is 82.3 Å². The van der Waals surface area contributed by atoms with E-state index in [0.29, 0.717) is 24.9 Å². The lowest BCUT2D eigenvalue weighted by Gasteiger charge is -2.43. The molecule has 0 bridgehead atoms. The smallest absolute Gasteiger partial charge is 0.455 e. The molecule has 3 saturated heterocycles. The summed E-state index contributed by atoms with van der Waals surface area (Å²) in [5.41, 5.74) is 4.88. The molecule has 0 spiro atoms. The third-order valence-corrected chi connectivity index (χ3v) is 10.4. The maximum Gasteiger partial charge on any atom is 0.455 e. The molecule has 1 aromatic carbocycles. The number of fused-ring (bicyclic) bond motifs is 3. The highest BCUT2D eigenvalue weighted by Crippen LogP contribution is 2.52. The van der Waals surface area contributed by atoms with E-state index in [1.54, 1.807) is 11.0 Å². The standard InChI is InChI=1S/C36H47BN2O6/c1-3-8-24(19-28-12-13-29(23-40)44-28)11-14-32-33-26(4-2)20-30-34(31(33)21-37(43)45-32)36(42)39(35(30)41)27-15-17-38(18-16-27)22-25-9-6-5-7-10-25/h5-7,9-10,12-13,19,27,30-32,34,40,43H,3-4,8,11,14-18,20-23H2,1-2H3/b24-19+/t30-,31+,32-,34-/m1/s1. The number of likely N-dealkylation sites (tertiary alicyclic amines) is 2. The number of allylic oxidation sites excluding steroid dienone is 2. The minimum absolute atomic E-state index is 0.0112. The largest absolute Gasteiger partial charge is 0.459 e. The molecule has 0 saturated carbocycles. The highest BCUT2D eigenvalue weighted by molar-refractivity contribution is 6.43. The summed E-state index contributed by atoms with van der Waals surface area (Å²) in [6, 6.07) is 14.0. The molecule has 4 aliphatic rings. The molecule has 1 aromatic heterocycles. The first-order chi connectivity index (χ1) is 21.9. The van der Waals surface area contributed by atoms with Crippen LogP contribution in [0.25, 0.3) is 6.08 Å². The highest BCUT2D eigenvalue weighted by Gasteiger charge is 2.58. The van der Waals surface area contributed by atoms with Crippen LogP contribution in [0.3, 0.4) is 0 Å². The first kappa shape index (κ1) is 32.0. The molecular formula is C36H47BN2O6. The summed E-state index contributed by atoms with van der Waals surface area (Å²) in [7, 11) is -0.963. The van der Waals surface area contributed by atoms with Crippen molar-refractivity contribution in [2.24, 2.45) is 17.8 Å². The quantitative estimate of drug-likeness (QED) is 0.193. The summed E-state index contributed by atoms with van der Waals surface area (Å²) >= 11 is 0. The van der Waals surface area contributed by atoms with E-state index >= 15 is 0 Å². The van der Waals surface area contributed by atoms with Crippen LogP contribution in [0.4, 0.5) is 0 Å². The van der Waals surface area contributed by atoms with Crippen LogP contribution in [0, 0.1) is 17.8 Å². The molecule has 3 fully saturated rings. The Kier molecular flexibility index (Phi) is 10.1. The average molecular weight is 615 g/mol. The van der Waals surface area contributed by atoms with Crippen LogP contribution < -0.4 is 0 Å². The molecule has 8 nitrogen and oxygen atoms in total. The SMILES string of the molecule is CCC/C(=C\c1ccc(CO)o1)CC[C@H]1OB(O)C[C@H]2C1=C(CC)C[C@H]1C(=O)N(C3CCN(Cc4ccccc4)CC3)C(=O)[C@H]12. The summed E-state index contributed by atoms with van der Waals surface area (Å²) in [4.78, 5) is 32.2. The van der Waals surface area contributed by atoms with E-state index in [9.17, 15) is 19.7 Å². The Morgan fingerprint density at radius 3 is 2.49 bits per heavy atom. The van der Waals surface area contributed by atoms with E-state index in [0.717, 1.165) is 69.5 Å². The van der Waals surface area contributed by atoms with Gasteiger partial charge in [-0.25, -0.2) is 0 Å². The topological polar surface area (TPSA) is 103 Å². The molecule has 0 unspecified atom stereocenters. The summed E-state index contributed by atoms with van der Waals surface area (Å²) in [6.07, 6.45) is 8.46. The number of amides is 2. The van der Waals surface area contributed by atoms with Crippen molar-refractivity contribution in [1.29, 1.82) is 0 Å². The zero-order valence-corrected chi connectivity index (χ0v) is 26.7. The minimum atomic E-state index is -0.963. The molecule has 4 atom stereocenters. The number of benzene rings is 1. The van der Waals surface area contributed by atoms with Crippen molar-refractivity contribution in [3.63, 3.8) is 0 Å². The number of carbonyl (C=O) groups is 2. The maximum absolute atomic E-state index is 14.2. The van der Waals surface area contributed by atoms with Crippen LogP contribution in [-0.2, 0) is 27.4 Å². The minimum Gasteiger partial charge on any atom is -0.459 e. The second-order valence-corrected chi connectivity index (χ2v) is 13.3. The lowest BCUT2D eigenvalue weighted by molar-refractivity contribution is -0.144. The van der Waals surface area contributed by atoms with Gasteiger partial charge in [0.2, 0.25) is 11.8 Å². The number of rotatable bonds is 11. The first-order valence-corrected chi connectivity index (χ1v) is 17.0. The van der Waals surface area contributed by atoms with Crippen LogP contribution >= 0.6 is 0 Å². The van der Waals surface area contributed by atoms with Crippen molar-refractivity contribution in [2.45, 2.75) is 96.8 Å². The molecule has 4 heterocycles. The number of piperidine rings is 1. The van der Waals surface area contributed by atoms with Crippen molar-refractivity contribution in [2.75, 3.05) is 13.1 Å². The predicted molar refractivity (Wildman–Crippen MR) is 173 cm³/mol. The van der Waals surface area contributed by atoms with E-state index in [1.165, 1.54) is 16.7 Å². The van der Waals surface area contributed by atoms with Crippen molar-refractivity contribution in [3.8, 4) is 0 Å². The van der Waals surface area contributed by atoms with Crippen molar-refractivity contribution >= 4 is 25.0 Å². The molecule has 2 aromatic rings. The number of imide groups is 1. The number of hydrogen-bond donors (Lipinski definition) is 2. The molecule has 6 rings (SSSR count). The number of nitrogens with zero attached hydrogens (tertiary/aromatic N) is 2. The van der Waals surface area contributed by atoms with Crippen LogP contribution in [0.5, 0.6) is 0 Å². The molecule has 2 N–H and O–H groups in total. The van der Waals surface area contributed by atoms with Crippen molar-refractivity contribution < 1.29 is 28.8 Å². The van der Waals surface area contributed by atoms with Gasteiger partial charge in [0.05, 0.1) is 17.9 Å². The van der Waals surface area contributed by atoms with E-state index < -0.39 is 13.0 Å². The van der Waals surface area contributed by atoms with Crippen LogP contribution in [-0.4, -0.2) is 64.1 Å². The van der Waals surface area contributed by atoms with Crippen molar-refractivity contribution in [3.05, 3.63) is 76.3 Å². The third-order valence-electron chi connectivity index (χ3n) is 10.4. The number of aliphatic hydroxyl groups excluding tert-OH is 1. The second-order valence-electron chi connectivity index (χ2n) is 13.3. The molecule has 45 heavy (non-hydrogen) atoms. The summed E-state index contributed by atoms with van der Waals surface area (Å²) in [5.74, 6) is 0.268. The van der Waals surface area contributed by atoms with Gasteiger partial charge in [0, 0.05) is 25.7 Å². The molecule has 9 heteroatoms. The Morgan fingerprint density at radius 1 is 1.02 bits per heavy atom. The van der Waals surface area contributed by atoms with Crippen LogP contribution in [0.2, 0.25) is 6.32 Å². The molecule has 0 radical (unpaired) electrons. The van der Waals surface area contributed by atoms with Gasteiger partial charge in [0.1, 0.15) is 18.1 Å². The fourth-order valence-electron chi connectivity index (χ4n) is 8.33. The average Bonchev–Trinajstić information content (AvgIpc) is 3.61. The van der Waals surface area contributed by atoms with Crippen LogP contribution in [0.15, 0.2) is 63.6 Å². The van der Waals surface area contributed by atoms with Gasteiger partial charge in [-0.3, -0.25) is 19.4 Å². The summed E-state index contributed by atoms with van der Waals surface area (Å²) in [6.45, 7) is 6.75. The molecule has 2 amide bonds. The first-order valence-electron chi connectivity index (χ1n) is 17.0. The second kappa shape index (κ2) is 14.2. The van der Waals surface area contributed by atoms with Gasteiger partial charge in [-0.15, -0.1) is 0 Å². The molecule has 3 aliphatic heterocycles. The Labute approximate surface area is 267 Å². The molecule has 240 valence electrons. The normalized spacial score (nSPS) is 26.5. The molecular weight excluding hydrogens is 567 g/mol. The summed E-state index contributed by atoms with van der Waals surface area (Å²) in [5, 5.41) is 20.3. The number of hydrogen-bond acceptors (Lipinski definition) is 7. The number of carbonyl (C=O) groups excluding carboxylic acids is 2. The zero-order valence-electron chi connectivity index (χ0n) is 26.7. The van der Waals surface area contributed by atoms with Gasteiger partial charge in [0.25, 0.3) is 0 Å². The van der Waals surface area contributed by atoms with E-state index in [2.05, 4.69) is 43.0 Å². The van der Waals surface area contributed by atoms with Gasteiger partial charge < -0.3 is 19.2 Å². The van der Waals surface area contributed by atoms with Gasteiger partial charge in [-0.1, -0.05) is 61.7 Å². The lowest BCUT2D eigenvalue weighted by atomic mass is 9.58. The predicted octanol–water partition coefficient (Wildman–Crippen LogP) is 5.61. The monoisotopic (exact) mass is 614 g/mol. The Morgan fingerprint density at radius 2 is 1.80 bits per heavy atom. The Bertz CT molecular complexity index is 1410. The maximum atomic E-state index is 14.2. The fraction of sp³-hybridized carbons (Fsp3) is 0.556. The fourth-order valence-corrected chi connectivity index (χ4v) is 8.33. The Hall–Kier alpha value is -2.98. The van der Waals surface area contributed by atoms with Crippen molar-refractivity contribution in [1.82, 2.24) is 9.80 Å². The lowest BCUT2D eigenvalue weighted by Crippen LogP contribution is -2.48. The third kappa shape index (κ3) is 6.78. The van der Waals surface area contributed by atoms with E-state index in [-0.39, 0.29) is 42.4 Å². The van der Waals surface area contributed by atoms with E-state index in [1.807, 2.05) is 18.2 Å². The number of furan rings is 1. The van der Waals surface area contributed by atoms with E-state index in [4.69, 9.17) is 9.07 Å². The van der Waals surface area contributed by atoms with Gasteiger partial charge >= 0.3 is 7.12 Å². The van der Waals surface area contributed by atoms with Gasteiger partial charge in [-0.2, -0.15) is 0 Å². The molecule has 1 aliphatic carbocycles. The Balaban J connectivity index is 1.16. The summed E-state index contributed by atoms with van der Waals surface area (Å²) < 4.78 is 11.9. The zero-order chi connectivity index (χ0) is 31.5. The number of aliphatic hydroxyl groups is 1. The van der Waals surface area contributed by atoms with Gasteiger partial charge in [-0.05, 0) is 86.5 Å². The highest BCUT2D eigenvalue weighted by atomic mass is 16.5.